The van der Waals surface area contributed by atoms with Crippen LogP contribution in [0.25, 0.3) is 0 Å². The quantitative estimate of drug-likeness (QED) is 0.702. The Hall–Kier alpha value is -1.03. The summed E-state index contributed by atoms with van der Waals surface area (Å²) in [6, 6.07) is 0. The number of hydrogen-bond acceptors (Lipinski definition) is 6. The van der Waals surface area contributed by atoms with Gasteiger partial charge in [0.15, 0.2) is 5.82 Å². The van der Waals surface area contributed by atoms with E-state index < -0.39 is 10.2 Å². The van der Waals surface area contributed by atoms with Gasteiger partial charge in [-0.3, -0.25) is 0 Å². The number of nitrogens with two attached hydrogens (primary N) is 1. The second kappa shape index (κ2) is 6.42. The van der Waals surface area contributed by atoms with E-state index in [0.29, 0.717) is 31.9 Å². The number of aromatic nitrogens is 2. The molecule has 0 saturated carbocycles. The van der Waals surface area contributed by atoms with Gasteiger partial charge in [0.05, 0.1) is 0 Å². The standard InChI is InChI=1S/C10H19N5O3S/c11-6-9-2-1-5-15(7-9)19(16,17)13-4-3-10-12-8-18-14-10/h8-9,13H,1-7,11H2. The van der Waals surface area contributed by atoms with Crippen LogP contribution in [0.2, 0.25) is 0 Å². The van der Waals surface area contributed by atoms with E-state index in [-0.39, 0.29) is 12.5 Å². The SMILES string of the molecule is NCC1CCCN(S(=O)(=O)NCCc2ncon2)C1. The first-order valence-electron chi connectivity index (χ1n) is 6.32. The third-order valence-electron chi connectivity index (χ3n) is 3.19. The lowest BCUT2D eigenvalue weighted by molar-refractivity contribution is 0.269. The van der Waals surface area contributed by atoms with Crippen LogP contribution in [-0.2, 0) is 16.6 Å². The molecule has 1 fully saturated rings. The Bertz CT molecular complexity index is 475. The Morgan fingerprint density at radius 1 is 1.58 bits per heavy atom. The number of nitrogens with one attached hydrogen (secondary N) is 1. The van der Waals surface area contributed by atoms with Crippen molar-refractivity contribution in [3.8, 4) is 0 Å². The van der Waals surface area contributed by atoms with Crippen LogP contribution in [0.15, 0.2) is 10.9 Å². The van der Waals surface area contributed by atoms with Crippen LogP contribution in [0, 0.1) is 5.92 Å². The molecule has 0 aliphatic carbocycles. The highest BCUT2D eigenvalue weighted by molar-refractivity contribution is 7.87. The molecule has 1 aliphatic heterocycles. The molecule has 0 aromatic carbocycles. The van der Waals surface area contributed by atoms with E-state index >= 15 is 0 Å². The zero-order valence-corrected chi connectivity index (χ0v) is 11.5. The van der Waals surface area contributed by atoms with Crippen LogP contribution >= 0.6 is 0 Å². The smallest absolute Gasteiger partial charge is 0.279 e. The zero-order valence-electron chi connectivity index (χ0n) is 10.7. The topological polar surface area (TPSA) is 114 Å². The number of hydrogen-bond donors (Lipinski definition) is 2. The molecule has 0 bridgehead atoms. The van der Waals surface area contributed by atoms with Crippen molar-refractivity contribution in [2.75, 3.05) is 26.2 Å². The zero-order chi connectivity index (χ0) is 13.7. The molecule has 1 aromatic rings. The average Bonchev–Trinajstić information content (AvgIpc) is 2.92. The third kappa shape index (κ3) is 3.96. The van der Waals surface area contributed by atoms with Crippen molar-refractivity contribution >= 4 is 10.2 Å². The Balaban J connectivity index is 1.83. The van der Waals surface area contributed by atoms with Crippen molar-refractivity contribution in [3.05, 3.63) is 12.2 Å². The maximum atomic E-state index is 12.1. The Labute approximate surface area is 112 Å². The van der Waals surface area contributed by atoms with Gasteiger partial charge in [-0.05, 0) is 25.3 Å². The summed E-state index contributed by atoms with van der Waals surface area (Å²) in [6.45, 7) is 1.82. The van der Waals surface area contributed by atoms with E-state index in [4.69, 9.17) is 5.73 Å². The normalized spacial score (nSPS) is 21.6. The fourth-order valence-corrected chi connectivity index (χ4v) is 3.44. The molecule has 19 heavy (non-hydrogen) atoms. The Kier molecular flexibility index (Phi) is 4.86. The van der Waals surface area contributed by atoms with E-state index in [1.165, 1.54) is 10.7 Å². The molecule has 1 saturated heterocycles. The second-order valence-corrected chi connectivity index (χ2v) is 6.35. The largest absolute Gasteiger partial charge is 0.343 e. The predicted molar refractivity (Wildman–Crippen MR) is 68.3 cm³/mol. The third-order valence-corrected chi connectivity index (χ3v) is 4.78. The van der Waals surface area contributed by atoms with E-state index in [9.17, 15) is 8.42 Å². The monoisotopic (exact) mass is 289 g/mol. The summed E-state index contributed by atoms with van der Waals surface area (Å²) >= 11 is 0. The molecule has 2 heterocycles. The van der Waals surface area contributed by atoms with Gasteiger partial charge >= 0.3 is 0 Å². The molecule has 0 radical (unpaired) electrons. The summed E-state index contributed by atoms with van der Waals surface area (Å²) in [4.78, 5) is 3.83. The first kappa shape index (κ1) is 14.4. The van der Waals surface area contributed by atoms with Crippen molar-refractivity contribution in [2.45, 2.75) is 19.3 Å². The van der Waals surface area contributed by atoms with E-state index in [0.717, 1.165) is 12.8 Å². The van der Waals surface area contributed by atoms with E-state index in [1.54, 1.807) is 0 Å². The van der Waals surface area contributed by atoms with Gasteiger partial charge in [0, 0.05) is 26.1 Å². The highest BCUT2D eigenvalue weighted by Gasteiger charge is 2.27. The highest BCUT2D eigenvalue weighted by atomic mass is 32.2. The molecule has 1 aliphatic rings. The lowest BCUT2D eigenvalue weighted by Gasteiger charge is -2.31. The summed E-state index contributed by atoms with van der Waals surface area (Å²) in [7, 11) is -3.44. The molecule has 9 heteroatoms. The molecule has 1 aromatic heterocycles. The summed E-state index contributed by atoms with van der Waals surface area (Å²) in [5, 5.41) is 3.62. The van der Waals surface area contributed by atoms with Crippen LogP contribution in [0.5, 0.6) is 0 Å². The molecular formula is C10H19N5O3S. The molecule has 0 spiro atoms. The lowest BCUT2D eigenvalue weighted by atomic mass is 10.0. The van der Waals surface area contributed by atoms with Crippen molar-refractivity contribution in [2.24, 2.45) is 11.7 Å². The summed E-state index contributed by atoms with van der Waals surface area (Å²) < 4.78 is 32.8. The Morgan fingerprint density at radius 3 is 3.11 bits per heavy atom. The maximum absolute atomic E-state index is 12.1. The van der Waals surface area contributed by atoms with E-state index in [1.807, 2.05) is 0 Å². The maximum Gasteiger partial charge on any atom is 0.279 e. The number of nitrogens with zero attached hydrogens (tertiary/aromatic N) is 3. The van der Waals surface area contributed by atoms with Gasteiger partial charge in [0.25, 0.3) is 10.2 Å². The molecule has 3 N–H and O–H groups in total. The van der Waals surface area contributed by atoms with Crippen LogP contribution in [0.3, 0.4) is 0 Å². The minimum absolute atomic E-state index is 0.252. The summed E-state index contributed by atoms with van der Waals surface area (Å²) in [5.74, 6) is 0.740. The first-order valence-corrected chi connectivity index (χ1v) is 7.76. The van der Waals surface area contributed by atoms with Crippen LogP contribution in [0.1, 0.15) is 18.7 Å². The van der Waals surface area contributed by atoms with Crippen molar-refractivity contribution in [1.82, 2.24) is 19.2 Å². The van der Waals surface area contributed by atoms with Crippen molar-refractivity contribution in [1.29, 1.82) is 0 Å². The first-order chi connectivity index (χ1) is 9.12. The van der Waals surface area contributed by atoms with Gasteiger partial charge in [0.1, 0.15) is 0 Å². The molecule has 8 nitrogen and oxygen atoms in total. The highest BCUT2D eigenvalue weighted by Crippen LogP contribution is 2.17. The molecular weight excluding hydrogens is 270 g/mol. The minimum Gasteiger partial charge on any atom is -0.343 e. The minimum atomic E-state index is -3.44. The van der Waals surface area contributed by atoms with Crippen LogP contribution < -0.4 is 10.5 Å². The summed E-state index contributed by atoms with van der Waals surface area (Å²) in [6.07, 6.45) is 3.48. The predicted octanol–water partition coefficient (Wildman–Crippen LogP) is -0.883. The van der Waals surface area contributed by atoms with Gasteiger partial charge in [-0.2, -0.15) is 17.7 Å². The number of piperidine rings is 1. The van der Waals surface area contributed by atoms with Gasteiger partial charge < -0.3 is 10.3 Å². The van der Waals surface area contributed by atoms with Gasteiger partial charge in [-0.25, -0.2) is 4.72 Å². The van der Waals surface area contributed by atoms with Crippen molar-refractivity contribution in [3.63, 3.8) is 0 Å². The second-order valence-electron chi connectivity index (χ2n) is 4.60. The van der Waals surface area contributed by atoms with Gasteiger partial charge in [0.2, 0.25) is 6.39 Å². The molecule has 1 unspecified atom stereocenters. The van der Waals surface area contributed by atoms with Crippen molar-refractivity contribution < 1.29 is 12.9 Å². The lowest BCUT2D eigenvalue weighted by Crippen LogP contribution is -2.47. The van der Waals surface area contributed by atoms with Gasteiger partial charge in [-0.1, -0.05) is 5.16 Å². The average molecular weight is 289 g/mol. The fraction of sp³-hybridized carbons (Fsp3) is 0.800. The summed E-state index contributed by atoms with van der Waals surface area (Å²) in [5.41, 5.74) is 5.60. The van der Waals surface area contributed by atoms with Gasteiger partial charge in [-0.15, -0.1) is 0 Å². The molecule has 0 amide bonds. The Morgan fingerprint density at radius 2 is 2.42 bits per heavy atom. The number of rotatable bonds is 6. The molecule has 2 rings (SSSR count). The molecule has 1 atom stereocenters. The fourth-order valence-electron chi connectivity index (χ4n) is 2.12. The molecule has 108 valence electrons. The van der Waals surface area contributed by atoms with Crippen LogP contribution in [0.4, 0.5) is 0 Å². The van der Waals surface area contributed by atoms with Crippen LogP contribution in [-0.4, -0.2) is 49.0 Å². The van der Waals surface area contributed by atoms with E-state index in [2.05, 4.69) is 19.4 Å².